The van der Waals surface area contributed by atoms with Gasteiger partial charge in [0.25, 0.3) is 5.24 Å². The molecule has 0 saturated carbocycles. The standard InChI is InChI=1S/C19H26NO6PS/c1-3-4-12(21)9-13(22)10-15(23)26-14-7-5-11(6-8-14)16(27)19(2)17(24)20-18(25)28-19/h5-8,12-13,16,21-22H,3-4,9-10,27H2,1-2H3,(H,20,24,25). The minimum atomic E-state index is -0.958. The lowest BCUT2D eigenvalue weighted by Gasteiger charge is -2.26. The number of carbonyl (C=O) groups is 3. The molecule has 5 unspecified atom stereocenters. The summed E-state index contributed by atoms with van der Waals surface area (Å²) in [6.45, 7) is 3.64. The number of imide groups is 1. The second-order valence-electron chi connectivity index (χ2n) is 7.01. The highest BCUT2D eigenvalue weighted by Gasteiger charge is 2.48. The Bertz CT molecular complexity index is 728. The first-order chi connectivity index (χ1) is 13.2. The molecule has 1 aromatic rings. The van der Waals surface area contributed by atoms with Crippen LogP contribution in [0.3, 0.4) is 0 Å². The van der Waals surface area contributed by atoms with Crippen molar-refractivity contribution in [2.75, 3.05) is 0 Å². The highest BCUT2D eigenvalue weighted by molar-refractivity contribution is 8.16. The molecule has 0 bridgehead atoms. The van der Waals surface area contributed by atoms with Crippen LogP contribution in [-0.4, -0.2) is 44.3 Å². The van der Waals surface area contributed by atoms with Crippen LogP contribution in [0.25, 0.3) is 0 Å². The van der Waals surface area contributed by atoms with E-state index in [0.717, 1.165) is 23.7 Å². The number of amides is 2. The minimum Gasteiger partial charge on any atom is -0.426 e. The highest BCUT2D eigenvalue weighted by Crippen LogP contribution is 2.47. The molecule has 2 amide bonds. The topological polar surface area (TPSA) is 113 Å². The first-order valence-electron chi connectivity index (χ1n) is 9.12. The molecule has 0 aliphatic carbocycles. The molecule has 1 aliphatic heterocycles. The molecule has 154 valence electrons. The van der Waals surface area contributed by atoms with Gasteiger partial charge >= 0.3 is 5.97 Å². The number of aliphatic hydroxyl groups excluding tert-OH is 2. The minimum absolute atomic E-state index is 0.133. The second kappa shape index (κ2) is 9.83. The molecule has 1 aromatic carbocycles. The molecule has 1 saturated heterocycles. The van der Waals surface area contributed by atoms with Crippen molar-refractivity contribution in [1.29, 1.82) is 0 Å². The molecule has 2 rings (SSSR count). The van der Waals surface area contributed by atoms with E-state index in [2.05, 4.69) is 14.6 Å². The van der Waals surface area contributed by atoms with Crippen LogP contribution in [0, 0.1) is 0 Å². The quantitative estimate of drug-likeness (QED) is 0.315. The molecule has 1 aliphatic rings. The van der Waals surface area contributed by atoms with Gasteiger partial charge in [0.1, 0.15) is 10.5 Å². The van der Waals surface area contributed by atoms with E-state index in [-0.39, 0.29) is 29.6 Å². The predicted molar refractivity (Wildman–Crippen MR) is 110 cm³/mol. The maximum absolute atomic E-state index is 12.1. The summed E-state index contributed by atoms with van der Waals surface area (Å²) >= 11 is 0.955. The average molecular weight is 427 g/mol. The van der Waals surface area contributed by atoms with Gasteiger partial charge in [-0.25, -0.2) is 0 Å². The van der Waals surface area contributed by atoms with Crippen LogP contribution in [0.15, 0.2) is 24.3 Å². The first kappa shape index (κ1) is 22.8. The Balaban J connectivity index is 1.93. The Hall–Kier alpha value is -1.47. The fraction of sp³-hybridized carbons (Fsp3) is 0.526. The molecule has 3 N–H and O–H groups in total. The average Bonchev–Trinajstić information content (AvgIpc) is 2.87. The number of hydrogen-bond acceptors (Lipinski definition) is 7. The Morgan fingerprint density at radius 2 is 1.89 bits per heavy atom. The molecule has 0 spiro atoms. The molecule has 7 nitrogen and oxygen atoms in total. The number of rotatable bonds is 9. The lowest BCUT2D eigenvalue weighted by molar-refractivity contribution is -0.136. The molecular formula is C19H26NO6PS. The third kappa shape index (κ3) is 5.77. The number of thioether (sulfide) groups is 1. The normalized spacial score (nSPS) is 22.5. The van der Waals surface area contributed by atoms with Crippen molar-refractivity contribution in [3.8, 4) is 5.75 Å². The maximum Gasteiger partial charge on any atom is 0.313 e. The van der Waals surface area contributed by atoms with Gasteiger partial charge in [-0.3, -0.25) is 19.7 Å². The van der Waals surface area contributed by atoms with E-state index in [1.54, 1.807) is 31.2 Å². The molecular weight excluding hydrogens is 401 g/mol. The molecule has 0 aromatic heterocycles. The zero-order valence-corrected chi connectivity index (χ0v) is 17.9. The van der Waals surface area contributed by atoms with Gasteiger partial charge in [-0.15, -0.1) is 9.24 Å². The van der Waals surface area contributed by atoms with Gasteiger partial charge in [-0.05, 0) is 49.2 Å². The van der Waals surface area contributed by atoms with Gasteiger partial charge in [-0.2, -0.15) is 0 Å². The number of hydrogen-bond donors (Lipinski definition) is 3. The molecule has 28 heavy (non-hydrogen) atoms. The summed E-state index contributed by atoms with van der Waals surface area (Å²) in [5, 5.41) is 21.5. The Kier molecular flexibility index (Phi) is 8.01. The van der Waals surface area contributed by atoms with Crippen LogP contribution in [0.5, 0.6) is 5.75 Å². The van der Waals surface area contributed by atoms with Crippen molar-refractivity contribution in [2.24, 2.45) is 0 Å². The van der Waals surface area contributed by atoms with Gasteiger partial charge in [0.2, 0.25) is 5.91 Å². The molecule has 0 radical (unpaired) electrons. The third-order valence-electron chi connectivity index (χ3n) is 4.60. The van der Waals surface area contributed by atoms with Crippen LogP contribution >= 0.6 is 21.0 Å². The van der Waals surface area contributed by atoms with Gasteiger partial charge in [-0.1, -0.05) is 25.5 Å². The van der Waals surface area contributed by atoms with E-state index >= 15 is 0 Å². The molecule has 1 heterocycles. The SMILES string of the molecule is CCCC(O)CC(O)CC(=O)Oc1ccc(C(P)C2(C)SC(=O)NC2=O)cc1. The number of benzene rings is 1. The molecule has 1 fully saturated rings. The number of aliphatic hydroxyl groups is 2. The number of esters is 1. The summed E-state index contributed by atoms with van der Waals surface area (Å²) in [6.07, 6.45) is -0.288. The van der Waals surface area contributed by atoms with E-state index in [4.69, 9.17) is 4.74 Å². The predicted octanol–water partition coefficient (Wildman–Crippen LogP) is 2.55. The summed E-state index contributed by atoms with van der Waals surface area (Å²) in [5.41, 5.74) is 0.489. The zero-order chi connectivity index (χ0) is 20.9. The Labute approximate surface area is 170 Å². The number of nitrogens with one attached hydrogen (secondary N) is 1. The van der Waals surface area contributed by atoms with E-state index in [0.29, 0.717) is 12.2 Å². The third-order valence-corrected chi connectivity index (χ3v) is 7.05. The van der Waals surface area contributed by atoms with Crippen molar-refractivity contribution < 1.29 is 29.3 Å². The lowest BCUT2D eigenvalue weighted by Crippen LogP contribution is -2.37. The van der Waals surface area contributed by atoms with Crippen LogP contribution in [0.2, 0.25) is 0 Å². The second-order valence-corrected chi connectivity index (χ2v) is 9.10. The summed E-state index contributed by atoms with van der Waals surface area (Å²) in [7, 11) is 2.58. The monoisotopic (exact) mass is 427 g/mol. The van der Waals surface area contributed by atoms with Crippen LogP contribution < -0.4 is 10.1 Å². The van der Waals surface area contributed by atoms with Crippen LogP contribution in [-0.2, 0) is 9.59 Å². The number of carbonyl (C=O) groups excluding carboxylic acids is 3. The molecule has 5 atom stereocenters. The number of ether oxygens (including phenoxy) is 1. The van der Waals surface area contributed by atoms with Crippen molar-refractivity contribution in [3.05, 3.63) is 29.8 Å². The van der Waals surface area contributed by atoms with E-state index in [1.165, 1.54) is 0 Å². The van der Waals surface area contributed by atoms with Crippen molar-refractivity contribution in [3.63, 3.8) is 0 Å². The fourth-order valence-corrected chi connectivity index (χ4v) is 4.47. The van der Waals surface area contributed by atoms with Crippen molar-refractivity contribution >= 4 is 38.1 Å². The zero-order valence-electron chi connectivity index (χ0n) is 15.9. The fourth-order valence-electron chi connectivity index (χ4n) is 2.96. The lowest BCUT2D eigenvalue weighted by atomic mass is 9.98. The van der Waals surface area contributed by atoms with E-state index in [9.17, 15) is 24.6 Å². The van der Waals surface area contributed by atoms with Crippen LogP contribution in [0.4, 0.5) is 4.79 Å². The Morgan fingerprint density at radius 3 is 2.43 bits per heavy atom. The Morgan fingerprint density at radius 1 is 1.25 bits per heavy atom. The van der Waals surface area contributed by atoms with Crippen molar-refractivity contribution in [1.82, 2.24) is 5.32 Å². The summed E-state index contributed by atoms with van der Waals surface area (Å²) in [4.78, 5) is 35.5. The van der Waals surface area contributed by atoms with E-state index < -0.39 is 22.9 Å². The maximum atomic E-state index is 12.1. The van der Waals surface area contributed by atoms with Crippen LogP contribution in [0.1, 0.15) is 50.8 Å². The summed E-state index contributed by atoms with van der Waals surface area (Å²) < 4.78 is 4.30. The van der Waals surface area contributed by atoms with Crippen molar-refractivity contribution in [2.45, 2.75) is 62.1 Å². The van der Waals surface area contributed by atoms with Gasteiger partial charge in [0.15, 0.2) is 0 Å². The first-order valence-corrected chi connectivity index (χ1v) is 10.6. The van der Waals surface area contributed by atoms with Gasteiger partial charge in [0.05, 0.1) is 18.6 Å². The van der Waals surface area contributed by atoms with E-state index in [1.807, 2.05) is 6.92 Å². The van der Waals surface area contributed by atoms with Gasteiger partial charge in [0, 0.05) is 5.66 Å². The van der Waals surface area contributed by atoms with Gasteiger partial charge < -0.3 is 14.9 Å². The smallest absolute Gasteiger partial charge is 0.313 e. The highest BCUT2D eigenvalue weighted by atomic mass is 32.2. The summed E-state index contributed by atoms with van der Waals surface area (Å²) in [5.74, 6) is -0.607. The molecule has 9 heteroatoms. The summed E-state index contributed by atoms with van der Waals surface area (Å²) in [6, 6.07) is 6.66. The largest absolute Gasteiger partial charge is 0.426 e.